The third kappa shape index (κ3) is 3.41. The Hall–Kier alpha value is -1.14. The van der Waals surface area contributed by atoms with Crippen LogP contribution in [0.2, 0.25) is 0 Å². The van der Waals surface area contributed by atoms with Crippen LogP contribution in [-0.4, -0.2) is 4.98 Å². The van der Waals surface area contributed by atoms with Crippen molar-refractivity contribution in [2.24, 2.45) is 5.73 Å². The fourth-order valence-electron chi connectivity index (χ4n) is 1.37. The fourth-order valence-corrected chi connectivity index (χ4v) is 1.89. The first-order chi connectivity index (χ1) is 8.15. The van der Waals surface area contributed by atoms with Crippen molar-refractivity contribution in [3.05, 3.63) is 51.7 Å². The predicted octanol–water partition coefficient (Wildman–Crippen LogP) is 3.50. The van der Waals surface area contributed by atoms with E-state index in [4.69, 9.17) is 10.5 Å². The SMILES string of the molecule is C[C@H](N)c1ccc(Oc2cccc(I)c2)nc1. The maximum absolute atomic E-state index is 5.75. The van der Waals surface area contributed by atoms with Gasteiger partial charge in [-0.3, -0.25) is 0 Å². The van der Waals surface area contributed by atoms with E-state index in [1.54, 1.807) is 6.20 Å². The Morgan fingerprint density at radius 3 is 2.71 bits per heavy atom. The average Bonchev–Trinajstić information content (AvgIpc) is 2.29. The van der Waals surface area contributed by atoms with E-state index in [0.717, 1.165) is 14.9 Å². The standard InChI is InChI=1S/C13H13IN2O/c1-9(15)10-5-6-13(16-8-10)17-12-4-2-3-11(14)7-12/h2-9H,15H2,1H3/t9-/m0/s1. The lowest BCUT2D eigenvalue weighted by molar-refractivity contribution is 0.462. The van der Waals surface area contributed by atoms with E-state index < -0.39 is 0 Å². The number of aromatic nitrogens is 1. The Kier molecular flexibility index (Phi) is 3.96. The van der Waals surface area contributed by atoms with Crippen LogP contribution in [0.3, 0.4) is 0 Å². The predicted molar refractivity (Wildman–Crippen MR) is 76.1 cm³/mol. The molecular weight excluding hydrogens is 327 g/mol. The van der Waals surface area contributed by atoms with Crippen LogP contribution in [0.5, 0.6) is 11.6 Å². The van der Waals surface area contributed by atoms with Gasteiger partial charge < -0.3 is 10.5 Å². The number of ether oxygens (including phenoxy) is 1. The van der Waals surface area contributed by atoms with Crippen LogP contribution in [0.25, 0.3) is 0 Å². The van der Waals surface area contributed by atoms with Crippen molar-refractivity contribution in [3.8, 4) is 11.6 Å². The highest BCUT2D eigenvalue weighted by molar-refractivity contribution is 14.1. The summed E-state index contributed by atoms with van der Waals surface area (Å²) in [6.07, 6.45) is 1.74. The van der Waals surface area contributed by atoms with Gasteiger partial charge in [-0.2, -0.15) is 0 Å². The zero-order chi connectivity index (χ0) is 12.3. The van der Waals surface area contributed by atoms with Crippen LogP contribution in [0, 0.1) is 3.57 Å². The molecule has 88 valence electrons. The molecule has 0 unspecified atom stereocenters. The third-order valence-corrected chi connectivity index (χ3v) is 2.97. The molecule has 1 atom stereocenters. The van der Waals surface area contributed by atoms with Crippen molar-refractivity contribution in [1.82, 2.24) is 4.98 Å². The van der Waals surface area contributed by atoms with Crippen molar-refractivity contribution < 1.29 is 4.74 Å². The lowest BCUT2D eigenvalue weighted by Crippen LogP contribution is -2.05. The first-order valence-corrected chi connectivity index (χ1v) is 6.38. The van der Waals surface area contributed by atoms with Crippen LogP contribution >= 0.6 is 22.6 Å². The van der Waals surface area contributed by atoms with Crippen LogP contribution in [0.4, 0.5) is 0 Å². The number of halogens is 1. The molecule has 0 aliphatic heterocycles. The van der Waals surface area contributed by atoms with Crippen molar-refractivity contribution >= 4 is 22.6 Å². The average molecular weight is 340 g/mol. The largest absolute Gasteiger partial charge is 0.439 e. The van der Waals surface area contributed by atoms with Gasteiger partial charge in [0.05, 0.1) is 0 Å². The van der Waals surface area contributed by atoms with Crippen LogP contribution in [0.1, 0.15) is 18.5 Å². The molecule has 0 radical (unpaired) electrons. The maximum Gasteiger partial charge on any atom is 0.219 e. The highest BCUT2D eigenvalue weighted by atomic mass is 127. The second-order valence-corrected chi connectivity index (χ2v) is 5.02. The van der Waals surface area contributed by atoms with Gasteiger partial charge in [-0.25, -0.2) is 4.98 Å². The summed E-state index contributed by atoms with van der Waals surface area (Å²) in [4.78, 5) is 4.22. The summed E-state index contributed by atoms with van der Waals surface area (Å²) in [6, 6.07) is 11.6. The molecule has 1 aromatic carbocycles. The molecule has 0 aliphatic rings. The first kappa shape index (κ1) is 12.3. The van der Waals surface area contributed by atoms with Gasteiger partial charge in [0, 0.05) is 21.9 Å². The number of benzene rings is 1. The summed E-state index contributed by atoms with van der Waals surface area (Å²) in [7, 11) is 0. The molecule has 0 bridgehead atoms. The first-order valence-electron chi connectivity index (χ1n) is 5.30. The lowest BCUT2D eigenvalue weighted by atomic mass is 10.2. The van der Waals surface area contributed by atoms with E-state index in [0.29, 0.717) is 5.88 Å². The Balaban J connectivity index is 2.14. The third-order valence-electron chi connectivity index (χ3n) is 2.30. The van der Waals surface area contributed by atoms with E-state index in [9.17, 15) is 0 Å². The normalized spacial score (nSPS) is 12.2. The highest BCUT2D eigenvalue weighted by Gasteiger charge is 2.02. The van der Waals surface area contributed by atoms with Crippen LogP contribution < -0.4 is 10.5 Å². The second kappa shape index (κ2) is 5.46. The van der Waals surface area contributed by atoms with Crippen molar-refractivity contribution in [2.45, 2.75) is 13.0 Å². The Morgan fingerprint density at radius 1 is 1.29 bits per heavy atom. The molecule has 3 nitrogen and oxygen atoms in total. The second-order valence-electron chi connectivity index (χ2n) is 3.78. The van der Waals surface area contributed by atoms with E-state index in [2.05, 4.69) is 27.6 Å². The lowest BCUT2D eigenvalue weighted by Gasteiger charge is -2.07. The van der Waals surface area contributed by atoms with Gasteiger partial charge in [0.2, 0.25) is 5.88 Å². The smallest absolute Gasteiger partial charge is 0.219 e. The number of hydrogen-bond donors (Lipinski definition) is 1. The quantitative estimate of drug-likeness (QED) is 0.870. The number of nitrogens with zero attached hydrogens (tertiary/aromatic N) is 1. The Morgan fingerprint density at radius 2 is 2.12 bits per heavy atom. The summed E-state index contributed by atoms with van der Waals surface area (Å²) in [6.45, 7) is 1.93. The van der Waals surface area contributed by atoms with Gasteiger partial charge in [0.25, 0.3) is 0 Å². The van der Waals surface area contributed by atoms with E-state index >= 15 is 0 Å². The Bertz CT molecular complexity index is 497. The van der Waals surface area contributed by atoms with Gasteiger partial charge in [0.15, 0.2) is 0 Å². The number of pyridine rings is 1. The van der Waals surface area contributed by atoms with Crippen LogP contribution in [-0.2, 0) is 0 Å². The van der Waals surface area contributed by atoms with Gasteiger partial charge in [-0.05, 0) is 53.3 Å². The minimum absolute atomic E-state index is 0.00535. The van der Waals surface area contributed by atoms with Gasteiger partial charge in [0.1, 0.15) is 5.75 Å². The van der Waals surface area contributed by atoms with E-state index in [1.807, 2.05) is 43.3 Å². The molecule has 0 spiro atoms. The van der Waals surface area contributed by atoms with E-state index in [-0.39, 0.29) is 6.04 Å². The number of nitrogens with two attached hydrogens (primary N) is 1. The van der Waals surface area contributed by atoms with Crippen molar-refractivity contribution in [3.63, 3.8) is 0 Å². The number of hydrogen-bond acceptors (Lipinski definition) is 3. The zero-order valence-corrected chi connectivity index (χ0v) is 11.6. The molecule has 0 saturated heterocycles. The number of rotatable bonds is 3. The molecule has 0 saturated carbocycles. The topological polar surface area (TPSA) is 48.1 Å². The molecule has 2 rings (SSSR count). The van der Waals surface area contributed by atoms with Crippen molar-refractivity contribution in [1.29, 1.82) is 0 Å². The van der Waals surface area contributed by atoms with E-state index in [1.165, 1.54) is 0 Å². The summed E-state index contributed by atoms with van der Waals surface area (Å²) in [5, 5.41) is 0. The zero-order valence-electron chi connectivity index (χ0n) is 9.43. The van der Waals surface area contributed by atoms with Crippen molar-refractivity contribution in [2.75, 3.05) is 0 Å². The molecule has 4 heteroatoms. The minimum Gasteiger partial charge on any atom is -0.439 e. The van der Waals surface area contributed by atoms with Gasteiger partial charge in [-0.15, -0.1) is 0 Å². The molecule has 1 aromatic heterocycles. The molecule has 2 aromatic rings. The molecule has 17 heavy (non-hydrogen) atoms. The van der Waals surface area contributed by atoms with Crippen LogP contribution in [0.15, 0.2) is 42.6 Å². The molecular formula is C13H13IN2O. The maximum atomic E-state index is 5.75. The van der Waals surface area contributed by atoms with Gasteiger partial charge >= 0.3 is 0 Å². The van der Waals surface area contributed by atoms with Gasteiger partial charge in [-0.1, -0.05) is 12.1 Å². The molecule has 0 fully saturated rings. The molecule has 1 heterocycles. The summed E-state index contributed by atoms with van der Waals surface area (Å²) in [5.74, 6) is 1.37. The summed E-state index contributed by atoms with van der Waals surface area (Å²) in [5.41, 5.74) is 6.75. The highest BCUT2D eigenvalue weighted by Crippen LogP contribution is 2.21. The molecule has 0 amide bonds. The fraction of sp³-hybridized carbons (Fsp3) is 0.154. The monoisotopic (exact) mass is 340 g/mol. The summed E-state index contributed by atoms with van der Waals surface area (Å²) < 4.78 is 6.77. The molecule has 0 aliphatic carbocycles. The molecule has 2 N–H and O–H groups in total. The Labute approximate surface area is 114 Å². The minimum atomic E-state index is -0.00535. The summed E-state index contributed by atoms with van der Waals surface area (Å²) >= 11 is 2.25.